The number of hydrogen-bond donors (Lipinski definition) is 1. The minimum Gasteiger partial charge on any atom is -0.375 e. The third kappa shape index (κ3) is 3.00. The molecule has 0 unspecified atom stereocenters. The van der Waals surface area contributed by atoms with E-state index < -0.39 is 0 Å². The highest BCUT2D eigenvalue weighted by molar-refractivity contribution is 7.17. The van der Waals surface area contributed by atoms with E-state index in [1.165, 1.54) is 23.1 Å². The topological polar surface area (TPSA) is 89.9 Å². The van der Waals surface area contributed by atoms with Crippen molar-refractivity contribution in [1.29, 1.82) is 0 Å². The second kappa shape index (κ2) is 6.29. The molecule has 0 fully saturated rings. The minimum absolute atomic E-state index is 0.0556. The highest BCUT2D eigenvalue weighted by Crippen LogP contribution is 2.25. The molecule has 3 aromatic rings. The van der Waals surface area contributed by atoms with Gasteiger partial charge in [-0.1, -0.05) is 41.7 Å². The Bertz CT molecular complexity index is 903. The maximum absolute atomic E-state index is 12.6. The van der Waals surface area contributed by atoms with Gasteiger partial charge in [-0.2, -0.15) is 0 Å². The van der Waals surface area contributed by atoms with Crippen molar-refractivity contribution < 1.29 is 4.79 Å². The Hall–Kier alpha value is -2.74. The summed E-state index contributed by atoms with van der Waals surface area (Å²) in [5.74, 6) is 1.69. The second-order valence-corrected chi connectivity index (χ2v) is 7.22. The predicted octanol–water partition coefficient (Wildman–Crippen LogP) is 2.12. The number of nitrogens with two attached hydrogens (primary N) is 1. The summed E-state index contributed by atoms with van der Waals surface area (Å²) in [4.78, 5) is 19.0. The predicted molar refractivity (Wildman–Crippen MR) is 95.2 cm³/mol. The molecule has 7 nitrogen and oxygen atoms in total. The fourth-order valence-corrected chi connectivity index (χ4v) is 3.86. The van der Waals surface area contributed by atoms with Gasteiger partial charge in [0.2, 0.25) is 0 Å². The van der Waals surface area contributed by atoms with Gasteiger partial charge in [-0.15, -0.1) is 10.2 Å². The molecule has 4 rings (SSSR count). The summed E-state index contributed by atoms with van der Waals surface area (Å²) in [5.41, 5.74) is 6.83. The zero-order valence-corrected chi connectivity index (χ0v) is 14.6. The zero-order chi connectivity index (χ0) is 17.4. The van der Waals surface area contributed by atoms with Crippen molar-refractivity contribution in [2.45, 2.75) is 25.9 Å². The van der Waals surface area contributed by atoms with E-state index >= 15 is 0 Å². The number of anilines is 1. The summed E-state index contributed by atoms with van der Waals surface area (Å²) in [6.45, 7) is 3.15. The number of carbonyl (C=O) groups is 1. The lowest BCUT2D eigenvalue weighted by molar-refractivity contribution is 0.0684. The number of aromatic nitrogens is 4. The summed E-state index contributed by atoms with van der Waals surface area (Å²) in [7, 11) is 0. The molecule has 0 spiro atoms. The molecule has 1 aliphatic heterocycles. The Morgan fingerprint density at radius 3 is 2.84 bits per heavy atom. The Kier molecular flexibility index (Phi) is 3.96. The van der Waals surface area contributed by atoms with E-state index in [9.17, 15) is 4.79 Å². The molecule has 0 aliphatic carbocycles. The molecule has 0 radical (unpaired) electrons. The summed E-state index contributed by atoms with van der Waals surface area (Å²) in [5, 5.41) is 9.08. The van der Waals surface area contributed by atoms with Crippen LogP contribution in [0.25, 0.3) is 0 Å². The van der Waals surface area contributed by atoms with Gasteiger partial charge in [0.1, 0.15) is 10.7 Å². The van der Waals surface area contributed by atoms with Crippen LogP contribution in [0.5, 0.6) is 0 Å². The van der Waals surface area contributed by atoms with Gasteiger partial charge in [0.25, 0.3) is 5.91 Å². The molecule has 128 valence electrons. The van der Waals surface area contributed by atoms with E-state index in [0.717, 1.165) is 18.1 Å². The lowest BCUT2D eigenvalue weighted by atomic mass is 10.1. The van der Waals surface area contributed by atoms with Gasteiger partial charge in [0.05, 0.1) is 18.8 Å². The minimum atomic E-state index is -0.0556. The van der Waals surface area contributed by atoms with Crippen molar-refractivity contribution in [2.75, 3.05) is 12.3 Å². The molecular formula is C17H18N6OS. The quantitative estimate of drug-likeness (QED) is 0.778. The van der Waals surface area contributed by atoms with Crippen LogP contribution in [0.3, 0.4) is 0 Å². The normalized spacial score (nSPS) is 16.7. The van der Waals surface area contributed by atoms with E-state index in [2.05, 4.69) is 38.8 Å². The summed E-state index contributed by atoms with van der Waals surface area (Å²) < 4.78 is 2.15. The smallest absolute Gasteiger partial charge is 0.266 e. The maximum Gasteiger partial charge on any atom is 0.266 e. The van der Waals surface area contributed by atoms with Gasteiger partial charge in [-0.05, 0) is 12.5 Å². The molecule has 3 heterocycles. The Morgan fingerprint density at radius 2 is 2.12 bits per heavy atom. The van der Waals surface area contributed by atoms with Crippen LogP contribution >= 0.6 is 11.3 Å². The van der Waals surface area contributed by atoms with Crippen LogP contribution in [-0.4, -0.2) is 37.1 Å². The van der Waals surface area contributed by atoms with E-state index in [1.54, 1.807) is 4.90 Å². The van der Waals surface area contributed by atoms with Gasteiger partial charge < -0.3 is 15.2 Å². The molecule has 2 aromatic heterocycles. The molecule has 1 atom stereocenters. The molecule has 1 aromatic carbocycles. The first-order valence-corrected chi connectivity index (χ1v) is 8.90. The van der Waals surface area contributed by atoms with Crippen molar-refractivity contribution in [3.05, 3.63) is 58.6 Å². The zero-order valence-electron chi connectivity index (χ0n) is 13.8. The highest BCUT2D eigenvalue weighted by atomic mass is 32.1. The molecule has 2 N–H and O–H groups in total. The SMILES string of the molecule is C[C@H]1CN(C(=O)c2cnc(N)s2)Cc2nnc(Cc3ccccc3)n21. The molecule has 0 bridgehead atoms. The van der Waals surface area contributed by atoms with Gasteiger partial charge in [-0.25, -0.2) is 4.98 Å². The maximum atomic E-state index is 12.6. The van der Waals surface area contributed by atoms with E-state index in [4.69, 9.17) is 5.73 Å². The first-order chi connectivity index (χ1) is 12.1. The van der Waals surface area contributed by atoms with Crippen molar-refractivity contribution in [3.63, 3.8) is 0 Å². The van der Waals surface area contributed by atoms with Crippen LogP contribution < -0.4 is 5.73 Å². The van der Waals surface area contributed by atoms with Crippen LogP contribution in [0.4, 0.5) is 5.13 Å². The molecule has 25 heavy (non-hydrogen) atoms. The van der Waals surface area contributed by atoms with E-state index in [1.807, 2.05) is 18.2 Å². The van der Waals surface area contributed by atoms with Crippen molar-refractivity contribution in [1.82, 2.24) is 24.6 Å². The number of rotatable bonds is 3. The van der Waals surface area contributed by atoms with Crippen LogP contribution in [0.1, 0.15) is 39.8 Å². The molecule has 8 heteroatoms. The Balaban J connectivity index is 1.57. The number of nitrogen functional groups attached to an aromatic ring is 1. The number of fused-ring (bicyclic) bond motifs is 1. The Morgan fingerprint density at radius 1 is 1.32 bits per heavy atom. The van der Waals surface area contributed by atoms with Crippen molar-refractivity contribution >= 4 is 22.4 Å². The first-order valence-electron chi connectivity index (χ1n) is 8.09. The summed E-state index contributed by atoms with van der Waals surface area (Å²) in [6, 6.07) is 10.3. The lowest BCUT2D eigenvalue weighted by Crippen LogP contribution is -2.40. The lowest BCUT2D eigenvalue weighted by Gasteiger charge is -2.32. The van der Waals surface area contributed by atoms with Crippen LogP contribution in [0.2, 0.25) is 0 Å². The molecule has 0 saturated heterocycles. The highest BCUT2D eigenvalue weighted by Gasteiger charge is 2.30. The fraction of sp³-hybridized carbons (Fsp3) is 0.294. The summed E-state index contributed by atoms with van der Waals surface area (Å²) >= 11 is 1.21. The number of nitrogens with zero attached hydrogens (tertiary/aromatic N) is 5. The number of benzene rings is 1. The second-order valence-electron chi connectivity index (χ2n) is 6.16. The third-order valence-electron chi connectivity index (χ3n) is 4.32. The van der Waals surface area contributed by atoms with Gasteiger partial charge in [0, 0.05) is 13.0 Å². The van der Waals surface area contributed by atoms with Crippen molar-refractivity contribution in [2.24, 2.45) is 0 Å². The van der Waals surface area contributed by atoms with Gasteiger partial charge in [-0.3, -0.25) is 4.79 Å². The fourth-order valence-electron chi connectivity index (χ4n) is 3.21. The average molecular weight is 354 g/mol. The number of amides is 1. The average Bonchev–Trinajstić information content (AvgIpc) is 3.22. The van der Waals surface area contributed by atoms with Crippen LogP contribution in [0, 0.1) is 0 Å². The summed E-state index contributed by atoms with van der Waals surface area (Å²) in [6.07, 6.45) is 2.27. The van der Waals surface area contributed by atoms with Crippen molar-refractivity contribution in [3.8, 4) is 0 Å². The van der Waals surface area contributed by atoms with E-state index in [-0.39, 0.29) is 11.9 Å². The molecule has 0 saturated carbocycles. The Labute approximate surface area is 149 Å². The van der Waals surface area contributed by atoms with Gasteiger partial charge in [0.15, 0.2) is 11.0 Å². The number of carbonyl (C=O) groups excluding carboxylic acids is 1. The molecular weight excluding hydrogens is 336 g/mol. The molecule has 1 aliphatic rings. The first kappa shape index (κ1) is 15.8. The van der Waals surface area contributed by atoms with Crippen LogP contribution in [0.15, 0.2) is 36.5 Å². The standard InChI is InChI=1S/C17H18N6OS/c1-11-9-22(16(24)13-8-19-17(18)25-13)10-15-21-20-14(23(11)15)7-12-5-3-2-4-6-12/h2-6,8,11H,7,9-10H2,1H3,(H2,18,19)/t11-/m0/s1. The number of thiazole rings is 1. The number of hydrogen-bond acceptors (Lipinski definition) is 6. The van der Waals surface area contributed by atoms with Crippen LogP contribution in [-0.2, 0) is 13.0 Å². The molecule has 1 amide bonds. The largest absolute Gasteiger partial charge is 0.375 e. The van der Waals surface area contributed by atoms with E-state index in [0.29, 0.717) is 23.1 Å². The monoisotopic (exact) mass is 354 g/mol. The van der Waals surface area contributed by atoms with Gasteiger partial charge >= 0.3 is 0 Å². The third-order valence-corrected chi connectivity index (χ3v) is 5.14.